The number of piperidine rings is 1. The number of aliphatic hydroxyl groups excluding tert-OH is 1. The molecule has 0 saturated carbocycles. The van der Waals surface area contributed by atoms with Crippen molar-refractivity contribution in [2.75, 3.05) is 7.05 Å². The van der Waals surface area contributed by atoms with E-state index < -0.39 is 0 Å². The van der Waals surface area contributed by atoms with Crippen LogP contribution in [0.2, 0.25) is 0 Å². The molecule has 2 bridgehead atoms. The SMILES string of the molecule is CC(C)[N+]1(C)C2CCC1CC(O)C2.[I-]. The second-order valence-electron chi connectivity index (χ2n) is 5.33. The van der Waals surface area contributed by atoms with Gasteiger partial charge >= 0.3 is 0 Å². The lowest BCUT2D eigenvalue weighted by Crippen LogP contribution is -3.00. The molecule has 0 radical (unpaired) electrons. The fraction of sp³-hybridized carbons (Fsp3) is 1.00. The summed E-state index contributed by atoms with van der Waals surface area (Å²) >= 11 is 0. The standard InChI is InChI=1S/C11H22NO.HI/c1-8(2)12(3)9-4-5-10(12)7-11(13)6-9;/h8-11,13H,4-7H2,1-3H3;1H/q+1;/p-1. The normalized spacial score (nSPS) is 46.5. The number of fused-ring (bicyclic) bond motifs is 2. The van der Waals surface area contributed by atoms with E-state index in [1.54, 1.807) is 0 Å². The van der Waals surface area contributed by atoms with E-state index in [1.165, 1.54) is 17.3 Å². The van der Waals surface area contributed by atoms with Gasteiger partial charge in [-0.3, -0.25) is 0 Å². The van der Waals surface area contributed by atoms with E-state index in [0.717, 1.165) is 24.9 Å². The molecule has 84 valence electrons. The van der Waals surface area contributed by atoms with E-state index in [2.05, 4.69) is 20.9 Å². The summed E-state index contributed by atoms with van der Waals surface area (Å²) in [6.45, 7) is 4.64. The molecule has 2 nitrogen and oxygen atoms in total. The van der Waals surface area contributed by atoms with Crippen LogP contribution in [0, 0.1) is 0 Å². The lowest BCUT2D eigenvalue weighted by molar-refractivity contribution is -0.968. The fourth-order valence-corrected chi connectivity index (χ4v) is 3.50. The number of aliphatic hydroxyl groups is 1. The maximum atomic E-state index is 9.69. The molecular weight excluding hydrogens is 289 g/mol. The number of rotatable bonds is 1. The van der Waals surface area contributed by atoms with E-state index in [0.29, 0.717) is 6.04 Å². The van der Waals surface area contributed by atoms with Gasteiger partial charge < -0.3 is 33.6 Å². The molecule has 2 rings (SSSR count). The highest BCUT2D eigenvalue weighted by molar-refractivity contribution is 4.86. The minimum absolute atomic E-state index is 0. The topological polar surface area (TPSA) is 20.2 Å². The van der Waals surface area contributed by atoms with Gasteiger partial charge in [0, 0.05) is 25.7 Å². The zero-order valence-electron chi connectivity index (χ0n) is 9.41. The highest BCUT2D eigenvalue weighted by Crippen LogP contribution is 2.42. The van der Waals surface area contributed by atoms with Crippen LogP contribution in [-0.4, -0.2) is 40.9 Å². The van der Waals surface area contributed by atoms with E-state index in [9.17, 15) is 5.11 Å². The highest BCUT2D eigenvalue weighted by Gasteiger charge is 2.52. The van der Waals surface area contributed by atoms with E-state index in [-0.39, 0.29) is 30.1 Å². The molecule has 0 spiro atoms. The molecule has 2 fully saturated rings. The molecule has 1 N–H and O–H groups in total. The molecule has 0 aromatic carbocycles. The van der Waals surface area contributed by atoms with Gasteiger partial charge in [-0.1, -0.05) is 0 Å². The van der Waals surface area contributed by atoms with Crippen molar-refractivity contribution in [3.8, 4) is 0 Å². The maximum absolute atomic E-state index is 9.69. The first-order valence-corrected chi connectivity index (χ1v) is 5.58. The van der Waals surface area contributed by atoms with Crippen molar-refractivity contribution in [3.05, 3.63) is 0 Å². The van der Waals surface area contributed by atoms with E-state index >= 15 is 0 Å². The van der Waals surface area contributed by atoms with Crippen LogP contribution in [0.15, 0.2) is 0 Å². The second-order valence-corrected chi connectivity index (χ2v) is 5.33. The molecule has 0 amide bonds. The van der Waals surface area contributed by atoms with Crippen LogP contribution < -0.4 is 24.0 Å². The summed E-state index contributed by atoms with van der Waals surface area (Å²) in [4.78, 5) is 0. The summed E-state index contributed by atoms with van der Waals surface area (Å²) in [5.41, 5.74) is 0. The van der Waals surface area contributed by atoms with Crippen molar-refractivity contribution in [1.29, 1.82) is 0 Å². The third-order valence-corrected chi connectivity index (χ3v) is 4.61. The molecule has 2 saturated heterocycles. The van der Waals surface area contributed by atoms with Crippen LogP contribution in [-0.2, 0) is 0 Å². The van der Waals surface area contributed by atoms with Crippen molar-refractivity contribution >= 4 is 0 Å². The van der Waals surface area contributed by atoms with Crippen LogP contribution >= 0.6 is 0 Å². The highest BCUT2D eigenvalue weighted by atomic mass is 127. The quantitative estimate of drug-likeness (QED) is 0.463. The Morgan fingerprint density at radius 1 is 1.14 bits per heavy atom. The third-order valence-electron chi connectivity index (χ3n) is 4.61. The Bertz CT molecular complexity index is 193. The average molecular weight is 311 g/mol. The molecule has 0 aliphatic carbocycles. The van der Waals surface area contributed by atoms with Gasteiger partial charge in [-0.15, -0.1) is 0 Å². The minimum Gasteiger partial charge on any atom is -1.00 e. The van der Waals surface area contributed by atoms with Gasteiger partial charge in [-0.05, 0) is 13.8 Å². The zero-order chi connectivity index (χ0) is 9.64. The molecule has 3 heteroatoms. The molecule has 2 aliphatic heterocycles. The molecule has 0 aromatic rings. The summed E-state index contributed by atoms with van der Waals surface area (Å²) in [6, 6.07) is 2.17. The Balaban J connectivity index is 0.000000980. The number of quaternary nitrogens is 1. The summed E-state index contributed by atoms with van der Waals surface area (Å²) in [6.07, 6.45) is 4.71. The lowest BCUT2D eigenvalue weighted by Gasteiger charge is -2.49. The van der Waals surface area contributed by atoms with Crippen molar-refractivity contribution in [2.24, 2.45) is 0 Å². The molecule has 2 unspecified atom stereocenters. The van der Waals surface area contributed by atoms with Crippen molar-refractivity contribution < 1.29 is 33.6 Å². The number of nitrogens with zero attached hydrogens (tertiary/aromatic N) is 1. The van der Waals surface area contributed by atoms with Crippen molar-refractivity contribution in [3.63, 3.8) is 0 Å². The van der Waals surface area contributed by atoms with Gasteiger partial charge in [-0.2, -0.15) is 0 Å². The smallest absolute Gasteiger partial charge is 0.0919 e. The zero-order valence-corrected chi connectivity index (χ0v) is 11.6. The third kappa shape index (κ3) is 1.71. The maximum Gasteiger partial charge on any atom is 0.0919 e. The van der Waals surface area contributed by atoms with Crippen LogP contribution in [0.5, 0.6) is 0 Å². The molecule has 2 aliphatic rings. The molecule has 14 heavy (non-hydrogen) atoms. The lowest BCUT2D eigenvalue weighted by atomic mass is 9.95. The molecule has 2 atom stereocenters. The Morgan fingerprint density at radius 3 is 1.93 bits per heavy atom. The monoisotopic (exact) mass is 311 g/mol. The first-order valence-electron chi connectivity index (χ1n) is 5.58. The second kappa shape index (κ2) is 4.26. The largest absolute Gasteiger partial charge is 1.00 e. The Morgan fingerprint density at radius 2 is 1.57 bits per heavy atom. The summed E-state index contributed by atoms with van der Waals surface area (Å²) in [7, 11) is 2.39. The molecule has 0 aromatic heterocycles. The van der Waals surface area contributed by atoms with Crippen LogP contribution in [0.25, 0.3) is 0 Å². The predicted octanol–water partition coefficient (Wildman–Crippen LogP) is -1.47. The number of hydrogen-bond acceptors (Lipinski definition) is 1. The van der Waals surface area contributed by atoms with Crippen molar-refractivity contribution in [2.45, 2.75) is 63.8 Å². The van der Waals surface area contributed by atoms with Gasteiger partial charge in [0.1, 0.15) is 0 Å². The minimum atomic E-state index is -0.0116. The van der Waals surface area contributed by atoms with E-state index in [4.69, 9.17) is 0 Å². The van der Waals surface area contributed by atoms with Gasteiger partial charge in [0.15, 0.2) is 0 Å². The Kier molecular flexibility index (Phi) is 3.87. The average Bonchev–Trinajstić information content (AvgIpc) is 2.29. The van der Waals surface area contributed by atoms with Crippen molar-refractivity contribution in [1.82, 2.24) is 0 Å². The Hall–Kier alpha value is 0.650. The number of hydrogen-bond donors (Lipinski definition) is 1. The first-order chi connectivity index (χ1) is 6.05. The Labute approximate surface area is 104 Å². The van der Waals surface area contributed by atoms with Gasteiger partial charge in [0.25, 0.3) is 0 Å². The summed E-state index contributed by atoms with van der Waals surface area (Å²) in [5, 5.41) is 9.69. The number of halogens is 1. The summed E-state index contributed by atoms with van der Waals surface area (Å²) < 4.78 is 1.22. The fourth-order valence-electron chi connectivity index (χ4n) is 3.50. The first kappa shape index (κ1) is 12.7. The van der Waals surface area contributed by atoms with Crippen LogP contribution in [0.3, 0.4) is 0 Å². The van der Waals surface area contributed by atoms with Gasteiger partial charge in [0.05, 0.1) is 31.3 Å². The predicted molar refractivity (Wildman–Crippen MR) is 53.4 cm³/mol. The van der Waals surface area contributed by atoms with Gasteiger partial charge in [-0.25, -0.2) is 0 Å². The van der Waals surface area contributed by atoms with Crippen LogP contribution in [0.4, 0.5) is 0 Å². The molecular formula is C11H22INO. The van der Waals surface area contributed by atoms with Crippen LogP contribution in [0.1, 0.15) is 39.5 Å². The summed E-state index contributed by atoms with van der Waals surface area (Å²) in [5.74, 6) is 0. The van der Waals surface area contributed by atoms with Gasteiger partial charge in [0.2, 0.25) is 0 Å². The molecule has 2 heterocycles. The van der Waals surface area contributed by atoms with E-state index in [1.807, 2.05) is 0 Å².